The van der Waals surface area contributed by atoms with Crippen LogP contribution in [0.5, 0.6) is 0 Å². The van der Waals surface area contributed by atoms with Crippen LogP contribution in [-0.2, 0) is 11.2 Å². The highest BCUT2D eigenvalue weighted by Gasteiger charge is 2.25. The van der Waals surface area contributed by atoms with Gasteiger partial charge in [0.25, 0.3) is 0 Å². The molecule has 2 amide bonds. The summed E-state index contributed by atoms with van der Waals surface area (Å²) in [5.41, 5.74) is 2.19. The van der Waals surface area contributed by atoms with Crippen molar-refractivity contribution in [1.29, 1.82) is 0 Å². The molecule has 0 saturated carbocycles. The quantitative estimate of drug-likeness (QED) is 0.819. The van der Waals surface area contributed by atoms with E-state index >= 15 is 0 Å². The zero-order valence-electron chi connectivity index (χ0n) is 12.3. The van der Waals surface area contributed by atoms with Gasteiger partial charge in [0.15, 0.2) is 0 Å². The smallest absolute Gasteiger partial charge is 0.321 e. The van der Waals surface area contributed by atoms with E-state index in [2.05, 4.69) is 18.3 Å². The van der Waals surface area contributed by atoms with Gasteiger partial charge in [-0.2, -0.15) is 0 Å². The van der Waals surface area contributed by atoms with Gasteiger partial charge in [-0.15, -0.1) is 0 Å². The van der Waals surface area contributed by atoms with Crippen molar-refractivity contribution in [1.82, 2.24) is 5.32 Å². The van der Waals surface area contributed by atoms with Crippen LogP contribution >= 0.6 is 0 Å². The number of anilines is 1. The molecule has 2 N–H and O–H groups in total. The molecule has 1 aromatic rings. The van der Waals surface area contributed by atoms with Crippen LogP contribution in [0.15, 0.2) is 24.3 Å². The molecule has 1 heterocycles. The van der Waals surface area contributed by atoms with Crippen molar-refractivity contribution in [3.63, 3.8) is 0 Å². The second-order valence-electron chi connectivity index (χ2n) is 5.63. The Balaban J connectivity index is 1.89. The summed E-state index contributed by atoms with van der Waals surface area (Å²) in [6, 6.07) is 7.90. The first-order chi connectivity index (χ1) is 10.1. The number of carbonyl (C=O) groups is 2. The second kappa shape index (κ2) is 7.11. The van der Waals surface area contributed by atoms with Crippen molar-refractivity contribution in [2.75, 3.05) is 18.0 Å². The molecule has 5 nitrogen and oxygen atoms in total. The van der Waals surface area contributed by atoms with E-state index in [1.165, 1.54) is 5.56 Å². The minimum Gasteiger partial charge on any atom is -0.481 e. The SMILES string of the molecule is CC1Cc2ccccc2N(C(=O)NCCCCC(=O)O)C1. The topological polar surface area (TPSA) is 69.6 Å². The number of hydrogen-bond donors (Lipinski definition) is 2. The summed E-state index contributed by atoms with van der Waals surface area (Å²) >= 11 is 0. The highest BCUT2D eigenvalue weighted by atomic mass is 16.4. The van der Waals surface area contributed by atoms with E-state index in [0.29, 0.717) is 25.3 Å². The molecule has 0 radical (unpaired) electrons. The van der Waals surface area contributed by atoms with Gasteiger partial charge in [0.1, 0.15) is 0 Å². The minimum absolute atomic E-state index is 0.0932. The Bertz CT molecular complexity index is 516. The van der Waals surface area contributed by atoms with Crippen LogP contribution in [0, 0.1) is 5.92 Å². The predicted octanol–water partition coefficient (Wildman–Crippen LogP) is 2.65. The van der Waals surface area contributed by atoms with Crippen LogP contribution in [0.3, 0.4) is 0 Å². The lowest BCUT2D eigenvalue weighted by molar-refractivity contribution is -0.137. The summed E-state index contributed by atoms with van der Waals surface area (Å²) in [7, 11) is 0. The fourth-order valence-electron chi connectivity index (χ4n) is 2.68. The largest absolute Gasteiger partial charge is 0.481 e. The summed E-state index contributed by atoms with van der Waals surface area (Å²) in [6.45, 7) is 3.38. The second-order valence-corrected chi connectivity index (χ2v) is 5.63. The molecule has 2 rings (SSSR count). The number of nitrogens with zero attached hydrogens (tertiary/aromatic N) is 1. The van der Waals surface area contributed by atoms with Crippen molar-refractivity contribution >= 4 is 17.7 Å². The molecule has 0 aromatic heterocycles. The molecule has 1 aliphatic rings. The average molecular weight is 290 g/mol. The maximum absolute atomic E-state index is 12.3. The average Bonchev–Trinajstić information content (AvgIpc) is 2.45. The van der Waals surface area contributed by atoms with E-state index in [1.54, 1.807) is 4.90 Å². The number of urea groups is 1. The summed E-state index contributed by atoms with van der Waals surface area (Å²) in [6.07, 6.45) is 2.42. The molecule has 114 valence electrons. The number of benzene rings is 1. The Kier molecular flexibility index (Phi) is 5.20. The molecule has 0 bridgehead atoms. The first kappa shape index (κ1) is 15.4. The number of hydrogen-bond acceptors (Lipinski definition) is 2. The Hall–Kier alpha value is -2.04. The number of aliphatic carboxylic acids is 1. The number of fused-ring (bicyclic) bond motifs is 1. The van der Waals surface area contributed by atoms with E-state index < -0.39 is 5.97 Å². The highest BCUT2D eigenvalue weighted by molar-refractivity contribution is 5.93. The molecule has 0 fully saturated rings. The number of para-hydroxylation sites is 1. The third kappa shape index (κ3) is 4.21. The third-order valence-electron chi connectivity index (χ3n) is 3.68. The van der Waals surface area contributed by atoms with Crippen LogP contribution in [-0.4, -0.2) is 30.2 Å². The van der Waals surface area contributed by atoms with Gasteiger partial charge >= 0.3 is 12.0 Å². The van der Waals surface area contributed by atoms with E-state index in [9.17, 15) is 9.59 Å². The highest BCUT2D eigenvalue weighted by Crippen LogP contribution is 2.29. The van der Waals surface area contributed by atoms with Crippen molar-refractivity contribution < 1.29 is 14.7 Å². The maximum Gasteiger partial charge on any atom is 0.321 e. The Morgan fingerprint density at radius 3 is 2.86 bits per heavy atom. The van der Waals surface area contributed by atoms with Crippen molar-refractivity contribution in [2.24, 2.45) is 5.92 Å². The summed E-state index contributed by atoms with van der Waals surface area (Å²) in [5.74, 6) is -0.349. The summed E-state index contributed by atoms with van der Waals surface area (Å²) in [4.78, 5) is 24.5. The van der Waals surface area contributed by atoms with E-state index in [-0.39, 0.29) is 12.5 Å². The lowest BCUT2D eigenvalue weighted by Gasteiger charge is -2.33. The molecule has 0 spiro atoms. The van der Waals surface area contributed by atoms with Gasteiger partial charge in [-0.25, -0.2) is 4.79 Å². The molecule has 1 atom stereocenters. The van der Waals surface area contributed by atoms with Crippen molar-refractivity contribution in [3.8, 4) is 0 Å². The van der Waals surface area contributed by atoms with E-state index in [4.69, 9.17) is 5.11 Å². The summed E-state index contributed by atoms with van der Waals surface area (Å²) < 4.78 is 0. The molecule has 1 aromatic carbocycles. The van der Waals surface area contributed by atoms with E-state index in [0.717, 1.165) is 18.7 Å². The first-order valence-electron chi connectivity index (χ1n) is 7.43. The van der Waals surface area contributed by atoms with Crippen LogP contribution < -0.4 is 10.2 Å². The van der Waals surface area contributed by atoms with Crippen molar-refractivity contribution in [3.05, 3.63) is 29.8 Å². The van der Waals surface area contributed by atoms with Gasteiger partial charge in [0.2, 0.25) is 0 Å². The number of carboxylic acid groups (broad SMARTS) is 1. The van der Waals surface area contributed by atoms with Crippen molar-refractivity contribution in [2.45, 2.75) is 32.6 Å². The maximum atomic E-state index is 12.3. The Labute approximate surface area is 125 Å². The number of rotatable bonds is 5. The minimum atomic E-state index is -0.792. The normalized spacial score (nSPS) is 17.2. The standard InChI is InChI=1S/C16H22N2O3/c1-12-10-13-6-2-3-7-14(13)18(11-12)16(21)17-9-5-4-8-15(19)20/h2-3,6-7,12H,4-5,8-11H2,1H3,(H,17,21)(H,19,20). The molecule has 1 aliphatic heterocycles. The third-order valence-corrected chi connectivity index (χ3v) is 3.68. The van der Waals surface area contributed by atoms with Crippen LogP contribution in [0.25, 0.3) is 0 Å². The van der Waals surface area contributed by atoms with Gasteiger partial charge in [-0.1, -0.05) is 25.1 Å². The fraction of sp³-hybridized carbons (Fsp3) is 0.500. The predicted molar refractivity (Wildman–Crippen MR) is 81.5 cm³/mol. The van der Waals surface area contributed by atoms with Gasteiger partial charge in [-0.05, 0) is 36.8 Å². The summed E-state index contributed by atoms with van der Waals surface area (Å²) in [5, 5.41) is 11.5. The zero-order chi connectivity index (χ0) is 15.2. The van der Waals surface area contributed by atoms with Gasteiger partial charge in [0, 0.05) is 25.2 Å². The molecule has 1 unspecified atom stereocenters. The molecular weight excluding hydrogens is 268 g/mol. The molecule has 21 heavy (non-hydrogen) atoms. The lowest BCUT2D eigenvalue weighted by atomic mass is 9.94. The Morgan fingerprint density at radius 2 is 2.10 bits per heavy atom. The zero-order valence-corrected chi connectivity index (χ0v) is 12.3. The monoisotopic (exact) mass is 290 g/mol. The van der Waals surface area contributed by atoms with Crippen LogP contribution in [0.1, 0.15) is 31.7 Å². The van der Waals surface area contributed by atoms with E-state index in [1.807, 2.05) is 18.2 Å². The lowest BCUT2D eigenvalue weighted by Crippen LogP contribution is -2.45. The fourth-order valence-corrected chi connectivity index (χ4v) is 2.68. The number of carbonyl (C=O) groups excluding carboxylic acids is 1. The number of amides is 2. The Morgan fingerprint density at radius 1 is 1.33 bits per heavy atom. The van der Waals surface area contributed by atoms with Crippen LogP contribution in [0.4, 0.5) is 10.5 Å². The molecule has 5 heteroatoms. The van der Waals surface area contributed by atoms with Gasteiger partial charge < -0.3 is 10.4 Å². The number of nitrogens with one attached hydrogen (secondary N) is 1. The molecule has 0 saturated heterocycles. The van der Waals surface area contributed by atoms with Gasteiger partial charge in [0.05, 0.1) is 0 Å². The van der Waals surface area contributed by atoms with Gasteiger partial charge in [-0.3, -0.25) is 9.69 Å². The first-order valence-corrected chi connectivity index (χ1v) is 7.43. The number of carboxylic acids is 1. The number of unbranched alkanes of at least 4 members (excludes halogenated alkanes) is 1. The van der Waals surface area contributed by atoms with Crippen LogP contribution in [0.2, 0.25) is 0 Å². The molecule has 0 aliphatic carbocycles. The molecular formula is C16H22N2O3.